The predicted octanol–water partition coefficient (Wildman–Crippen LogP) is 0.399. The van der Waals surface area contributed by atoms with Gasteiger partial charge in [-0.05, 0) is 13.3 Å². The normalized spacial score (nSPS) is 25.0. The fourth-order valence-corrected chi connectivity index (χ4v) is 1.13. The highest BCUT2D eigenvalue weighted by Crippen LogP contribution is 2.38. The third-order valence-corrected chi connectivity index (χ3v) is 2.01. The van der Waals surface area contributed by atoms with E-state index in [0.717, 1.165) is 5.57 Å². The van der Waals surface area contributed by atoms with Gasteiger partial charge in [-0.3, -0.25) is 9.59 Å². The van der Waals surface area contributed by atoms with Crippen LogP contribution in [0.1, 0.15) is 13.3 Å². The fraction of sp³-hybridized carbons (Fsp3) is 0.556. The number of amides is 1. The molecule has 0 spiro atoms. The lowest BCUT2D eigenvalue weighted by Gasteiger charge is -2.02. The van der Waals surface area contributed by atoms with Crippen molar-refractivity contribution < 1.29 is 14.7 Å². The number of carbonyl (C=O) groups excluding carboxylic acids is 1. The number of hydrogen-bond donors (Lipinski definition) is 2. The average molecular weight is 183 g/mol. The van der Waals surface area contributed by atoms with Crippen molar-refractivity contribution in [3.8, 4) is 0 Å². The Kier molecular flexibility index (Phi) is 2.70. The Morgan fingerprint density at radius 3 is 2.54 bits per heavy atom. The first-order valence-electron chi connectivity index (χ1n) is 4.17. The first-order valence-corrected chi connectivity index (χ1v) is 4.17. The molecule has 1 rings (SSSR count). The molecule has 4 heteroatoms. The first-order chi connectivity index (χ1) is 6.02. The highest BCUT2D eigenvalue weighted by Gasteiger charge is 2.48. The zero-order valence-electron chi connectivity index (χ0n) is 7.54. The molecule has 0 heterocycles. The van der Waals surface area contributed by atoms with Gasteiger partial charge in [-0.1, -0.05) is 12.2 Å². The quantitative estimate of drug-likeness (QED) is 0.620. The van der Waals surface area contributed by atoms with E-state index in [9.17, 15) is 9.59 Å². The molecule has 0 aliphatic heterocycles. The molecule has 0 aromatic heterocycles. The molecule has 1 fully saturated rings. The summed E-state index contributed by atoms with van der Waals surface area (Å²) in [5.74, 6) is -1.84. The second-order valence-electron chi connectivity index (χ2n) is 3.46. The lowest BCUT2D eigenvalue weighted by Crippen LogP contribution is -2.27. The number of rotatable bonds is 4. The summed E-state index contributed by atoms with van der Waals surface area (Å²) in [5.41, 5.74) is 0.862. The van der Waals surface area contributed by atoms with Gasteiger partial charge >= 0.3 is 5.97 Å². The van der Waals surface area contributed by atoms with Gasteiger partial charge in [-0.2, -0.15) is 0 Å². The smallest absolute Gasteiger partial charge is 0.307 e. The van der Waals surface area contributed by atoms with Gasteiger partial charge in [-0.15, -0.1) is 0 Å². The van der Waals surface area contributed by atoms with E-state index < -0.39 is 11.9 Å². The summed E-state index contributed by atoms with van der Waals surface area (Å²) in [4.78, 5) is 21.6. The van der Waals surface area contributed by atoms with E-state index in [4.69, 9.17) is 5.11 Å². The van der Waals surface area contributed by atoms with E-state index >= 15 is 0 Å². The van der Waals surface area contributed by atoms with Crippen molar-refractivity contribution in [2.75, 3.05) is 6.54 Å². The molecule has 1 aliphatic rings. The summed E-state index contributed by atoms with van der Waals surface area (Å²) >= 11 is 0. The van der Waals surface area contributed by atoms with Crippen LogP contribution in [-0.4, -0.2) is 23.5 Å². The zero-order valence-corrected chi connectivity index (χ0v) is 7.54. The topological polar surface area (TPSA) is 66.4 Å². The molecule has 72 valence electrons. The lowest BCUT2D eigenvalue weighted by molar-refractivity contribution is -0.140. The summed E-state index contributed by atoms with van der Waals surface area (Å²) in [6, 6.07) is 0. The van der Waals surface area contributed by atoms with Crippen molar-refractivity contribution in [3.05, 3.63) is 12.2 Å². The average Bonchev–Trinajstić information content (AvgIpc) is 2.78. The fourth-order valence-electron chi connectivity index (χ4n) is 1.13. The van der Waals surface area contributed by atoms with Crippen LogP contribution >= 0.6 is 0 Å². The maximum Gasteiger partial charge on any atom is 0.307 e. The third-order valence-electron chi connectivity index (χ3n) is 2.01. The van der Waals surface area contributed by atoms with Crippen LogP contribution in [0.15, 0.2) is 12.2 Å². The van der Waals surface area contributed by atoms with Gasteiger partial charge in [-0.25, -0.2) is 0 Å². The lowest BCUT2D eigenvalue weighted by atomic mass is 10.3. The van der Waals surface area contributed by atoms with Crippen molar-refractivity contribution in [3.63, 3.8) is 0 Å². The van der Waals surface area contributed by atoms with Crippen LogP contribution in [0.5, 0.6) is 0 Å². The molecular formula is C9H13NO3. The van der Waals surface area contributed by atoms with Gasteiger partial charge < -0.3 is 10.4 Å². The predicted molar refractivity (Wildman–Crippen MR) is 47.1 cm³/mol. The molecule has 0 bridgehead atoms. The maximum absolute atomic E-state index is 11.2. The van der Waals surface area contributed by atoms with Crippen molar-refractivity contribution in [1.82, 2.24) is 5.32 Å². The number of nitrogens with one attached hydrogen (secondary N) is 1. The number of aliphatic carboxylic acids is 1. The Hall–Kier alpha value is -1.32. The van der Waals surface area contributed by atoms with Crippen LogP contribution in [0.4, 0.5) is 0 Å². The minimum Gasteiger partial charge on any atom is -0.481 e. The molecule has 13 heavy (non-hydrogen) atoms. The van der Waals surface area contributed by atoms with Crippen molar-refractivity contribution in [1.29, 1.82) is 0 Å². The van der Waals surface area contributed by atoms with Crippen LogP contribution in [0.3, 0.4) is 0 Å². The van der Waals surface area contributed by atoms with Crippen LogP contribution in [0, 0.1) is 11.8 Å². The van der Waals surface area contributed by atoms with Crippen molar-refractivity contribution in [2.24, 2.45) is 11.8 Å². The second kappa shape index (κ2) is 3.60. The standard InChI is InChI=1S/C9H13NO3/c1-5(2)4-10-8(11)6-3-7(6)9(12)13/h6-7H,1,3-4H2,2H3,(H,10,11)(H,12,13). The van der Waals surface area contributed by atoms with Crippen LogP contribution in [-0.2, 0) is 9.59 Å². The van der Waals surface area contributed by atoms with Crippen LogP contribution in [0.2, 0.25) is 0 Å². The van der Waals surface area contributed by atoms with E-state index in [1.54, 1.807) is 0 Å². The highest BCUT2D eigenvalue weighted by atomic mass is 16.4. The molecule has 2 N–H and O–H groups in total. The van der Waals surface area contributed by atoms with Crippen LogP contribution in [0.25, 0.3) is 0 Å². The molecule has 1 aliphatic carbocycles. The molecule has 0 saturated heterocycles. The van der Waals surface area contributed by atoms with E-state index in [2.05, 4.69) is 11.9 Å². The monoisotopic (exact) mass is 183 g/mol. The number of hydrogen-bond acceptors (Lipinski definition) is 2. The SMILES string of the molecule is C=C(C)CNC(=O)C1CC1C(=O)O. The van der Waals surface area contributed by atoms with Crippen molar-refractivity contribution in [2.45, 2.75) is 13.3 Å². The van der Waals surface area contributed by atoms with Gasteiger partial charge in [0.1, 0.15) is 0 Å². The molecule has 0 aromatic carbocycles. The molecule has 2 unspecified atom stereocenters. The summed E-state index contributed by atoms with van der Waals surface area (Å²) in [5, 5.41) is 11.2. The molecule has 2 atom stereocenters. The van der Waals surface area contributed by atoms with Gasteiger partial charge in [0, 0.05) is 6.54 Å². The zero-order chi connectivity index (χ0) is 10.0. The van der Waals surface area contributed by atoms with Gasteiger partial charge in [0.05, 0.1) is 11.8 Å². The largest absolute Gasteiger partial charge is 0.481 e. The van der Waals surface area contributed by atoms with E-state index in [0.29, 0.717) is 13.0 Å². The van der Waals surface area contributed by atoms with E-state index in [-0.39, 0.29) is 11.8 Å². The number of carbonyl (C=O) groups is 2. The van der Waals surface area contributed by atoms with Crippen LogP contribution < -0.4 is 5.32 Å². The Balaban J connectivity index is 2.27. The Morgan fingerprint density at radius 1 is 1.54 bits per heavy atom. The Labute approximate surface area is 76.6 Å². The first kappa shape index (κ1) is 9.77. The van der Waals surface area contributed by atoms with Gasteiger partial charge in [0.2, 0.25) is 5.91 Å². The third kappa shape index (κ3) is 2.57. The van der Waals surface area contributed by atoms with Crippen molar-refractivity contribution >= 4 is 11.9 Å². The Bertz CT molecular complexity index is 260. The number of carboxylic acid groups (broad SMARTS) is 1. The minimum atomic E-state index is -0.879. The molecular weight excluding hydrogens is 170 g/mol. The van der Waals surface area contributed by atoms with E-state index in [1.807, 2.05) is 6.92 Å². The van der Waals surface area contributed by atoms with Gasteiger partial charge in [0.25, 0.3) is 0 Å². The molecule has 0 aromatic rings. The summed E-state index contributed by atoms with van der Waals surface area (Å²) in [6.45, 7) is 5.87. The summed E-state index contributed by atoms with van der Waals surface area (Å²) in [6.07, 6.45) is 0.470. The molecule has 4 nitrogen and oxygen atoms in total. The molecule has 0 radical (unpaired) electrons. The maximum atomic E-state index is 11.2. The van der Waals surface area contributed by atoms with Gasteiger partial charge in [0.15, 0.2) is 0 Å². The number of carboxylic acids is 1. The Morgan fingerprint density at radius 2 is 2.15 bits per heavy atom. The minimum absolute atomic E-state index is 0.171. The molecule has 1 saturated carbocycles. The highest BCUT2D eigenvalue weighted by molar-refractivity contribution is 5.89. The van der Waals surface area contributed by atoms with E-state index in [1.165, 1.54) is 0 Å². The molecule has 1 amide bonds. The summed E-state index contributed by atoms with van der Waals surface area (Å²) in [7, 11) is 0. The summed E-state index contributed by atoms with van der Waals surface area (Å²) < 4.78 is 0. The second-order valence-corrected chi connectivity index (χ2v) is 3.46.